The van der Waals surface area contributed by atoms with Gasteiger partial charge in [-0.2, -0.15) is 0 Å². The molecule has 2 aromatic heterocycles. The zero-order valence-corrected chi connectivity index (χ0v) is 29.1. The van der Waals surface area contributed by atoms with Gasteiger partial charge in [-0.3, -0.25) is 14.7 Å². The standard InChI is InChI=1S/C22H21F2N5O.C12H25N3.CH5N/c1-12(2)29-14(4)28-22-17(23)8-16(9-19(22)29)21(25-5)18(24)10-26-20-7-6-15(11-30)13(3)27-20;1-12(2)10-15(9-6-13-12)11-4-7-14(3)8-5-11;1-2/h6-12H,5H2,1-4H3;11,13H,4-10H2,1-3H3;2H2,1H3/b21-18+,26-10?;;. The number of carbonyl (C=O) groups is 1. The number of likely N-dealkylation sites (tertiary alicyclic amines) is 1. The largest absolute Gasteiger partial charge is 0.333 e. The maximum Gasteiger partial charge on any atom is 0.167 e. The molecule has 2 aliphatic heterocycles. The number of rotatable bonds is 7. The van der Waals surface area contributed by atoms with Crippen LogP contribution in [0.15, 0.2) is 40.1 Å². The van der Waals surface area contributed by atoms with Crippen LogP contribution in [-0.2, 0) is 0 Å². The molecular formula is C35H51F2N9O. The first-order valence-electron chi connectivity index (χ1n) is 16.1. The van der Waals surface area contributed by atoms with Crippen molar-refractivity contribution in [2.24, 2.45) is 15.7 Å². The van der Waals surface area contributed by atoms with Crippen molar-refractivity contribution in [3.05, 3.63) is 58.6 Å². The summed E-state index contributed by atoms with van der Waals surface area (Å²) >= 11 is 0. The number of aryl methyl sites for hydroxylation is 2. The quantitative estimate of drug-likeness (QED) is 0.250. The summed E-state index contributed by atoms with van der Waals surface area (Å²) in [6.45, 7) is 21.5. The number of pyridine rings is 1. The summed E-state index contributed by atoms with van der Waals surface area (Å²) in [5, 5.41) is 3.58. The third-order valence-electron chi connectivity index (χ3n) is 8.45. The molecule has 0 spiro atoms. The van der Waals surface area contributed by atoms with E-state index in [0.29, 0.717) is 34.4 Å². The molecule has 0 unspecified atom stereocenters. The van der Waals surface area contributed by atoms with E-state index in [1.807, 2.05) is 18.4 Å². The molecule has 4 heterocycles. The van der Waals surface area contributed by atoms with Gasteiger partial charge in [-0.25, -0.2) is 23.7 Å². The number of carbonyl (C=O) groups excluding carboxylic acids is 1. The lowest BCUT2D eigenvalue weighted by Crippen LogP contribution is -2.60. The van der Waals surface area contributed by atoms with Gasteiger partial charge in [0, 0.05) is 48.4 Å². The fourth-order valence-electron chi connectivity index (χ4n) is 6.15. The predicted molar refractivity (Wildman–Crippen MR) is 189 cm³/mol. The number of nitrogens with one attached hydrogen (secondary N) is 1. The minimum absolute atomic E-state index is 0.0452. The number of imidazole rings is 1. The lowest BCUT2D eigenvalue weighted by atomic mass is 9.97. The lowest BCUT2D eigenvalue weighted by Gasteiger charge is -2.45. The molecule has 2 aliphatic rings. The van der Waals surface area contributed by atoms with E-state index in [0.717, 1.165) is 18.8 Å². The molecule has 10 nitrogen and oxygen atoms in total. The number of aldehydes is 1. The van der Waals surface area contributed by atoms with E-state index in [1.165, 1.54) is 58.2 Å². The molecular weight excluding hydrogens is 600 g/mol. The minimum atomic E-state index is -0.796. The second kappa shape index (κ2) is 16.9. The first-order valence-corrected chi connectivity index (χ1v) is 16.1. The molecule has 0 radical (unpaired) electrons. The zero-order valence-electron chi connectivity index (χ0n) is 29.1. The molecule has 256 valence electrons. The molecule has 3 aromatic rings. The van der Waals surface area contributed by atoms with Crippen molar-refractivity contribution in [3.8, 4) is 0 Å². The second-order valence-electron chi connectivity index (χ2n) is 12.8. The predicted octanol–water partition coefficient (Wildman–Crippen LogP) is 5.66. The number of nitrogens with zero attached hydrogens (tertiary/aromatic N) is 7. The maximum absolute atomic E-state index is 14.8. The maximum atomic E-state index is 14.8. The van der Waals surface area contributed by atoms with Gasteiger partial charge in [0.25, 0.3) is 0 Å². The van der Waals surface area contributed by atoms with Crippen LogP contribution >= 0.6 is 0 Å². The first-order chi connectivity index (χ1) is 22.3. The SMILES string of the molecule is C=N/C(=C(/F)C=Nc1ccc(C=O)c(C)n1)c1cc(F)c2nc(C)n(C(C)C)c2c1.CN.CN1CCC(N2CCNC(C)(C)C2)CC1. The number of aliphatic imine (C=N–C) groups is 2. The van der Waals surface area contributed by atoms with Gasteiger partial charge in [-0.05, 0) is 113 Å². The lowest BCUT2D eigenvalue weighted by molar-refractivity contribution is 0.0707. The Morgan fingerprint density at radius 1 is 1.15 bits per heavy atom. The van der Waals surface area contributed by atoms with Crippen LogP contribution in [0.3, 0.4) is 0 Å². The topological polar surface area (TPSA) is 117 Å². The van der Waals surface area contributed by atoms with Crippen LogP contribution in [0.4, 0.5) is 14.6 Å². The van der Waals surface area contributed by atoms with Crippen LogP contribution in [0.2, 0.25) is 0 Å². The highest BCUT2D eigenvalue weighted by molar-refractivity contribution is 5.92. The molecule has 0 bridgehead atoms. The van der Waals surface area contributed by atoms with E-state index >= 15 is 0 Å². The second-order valence-corrected chi connectivity index (χ2v) is 12.8. The van der Waals surface area contributed by atoms with Crippen molar-refractivity contribution < 1.29 is 13.6 Å². The van der Waals surface area contributed by atoms with E-state index in [2.05, 4.69) is 68.4 Å². The number of halogens is 2. The van der Waals surface area contributed by atoms with E-state index < -0.39 is 11.6 Å². The first kappa shape index (κ1) is 37.7. The number of hydrogen-bond donors (Lipinski definition) is 2. The Morgan fingerprint density at radius 3 is 2.40 bits per heavy atom. The Kier molecular flexibility index (Phi) is 13.6. The van der Waals surface area contributed by atoms with Crippen molar-refractivity contribution in [2.45, 2.75) is 72.0 Å². The highest BCUT2D eigenvalue weighted by Crippen LogP contribution is 2.29. The number of hydrogen-bond acceptors (Lipinski definition) is 9. The Bertz CT molecular complexity index is 1590. The molecule has 0 aliphatic carbocycles. The summed E-state index contributed by atoms with van der Waals surface area (Å²) in [6.07, 6.45) is 4.34. The number of piperidine rings is 1. The molecule has 12 heteroatoms. The Hall–Kier alpha value is -3.71. The molecule has 3 N–H and O–H groups in total. The van der Waals surface area contributed by atoms with Gasteiger partial charge in [0.2, 0.25) is 0 Å². The monoisotopic (exact) mass is 651 g/mol. The van der Waals surface area contributed by atoms with E-state index in [9.17, 15) is 13.6 Å². The van der Waals surface area contributed by atoms with Gasteiger partial charge in [-0.15, -0.1) is 0 Å². The highest BCUT2D eigenvalue weighted by Gasteiger charge is 2.31. The number of piperazine rings is 1. The van der Waals surface area contributed by atoms with Crippen LogP contribution < -0.4 is 11.1 Å². The average Bonchev–Trinajstić information content (AvgIpc) is 3.38. The van der Waals surface area contributed by atoms with Crippen molar-refractivity contribution in [1.82, 2.24) is 29.7 Å². The van der Waals surface area contributed by atoms with Crippen LogP contribution in [0.5, 0.6) is 0 Å². The van der Waals surface area contributed by atoms with Gasteiger partial charge >= 0.3 is 0 Å². The summed E-state index contributed by atoms with van der Waals surface area (Å²) in [7, 11) is 3.73. The summed E-state index contributed by atoms with van der Waals surface area (Å²) in [4.78, 5) is 32.2. The van der Waals surface area contributed by atoms with Crippen molar-refractivity contribution in [3.63, 3.8) is 0 Å². The number of fused-ring (bicyclic) bond motifs is 1. The fraction of sp³-hybridized carbons (Fsp3) is 0.514. The highest BCUT2D eigenvalue weighted by atomic mass is 19.1. The van der Waals surface area contributed by atoms with Crippen molar-refractivity contribution >= 4 is 41.8 Å². The molecule has 5 rings (SSSR count). The summed E-state index contributed by atoms with van der Waals surface area (Å²) in [5.41, 5.74) is 6.57. The normalized spacial score (nSPS) is 18.0. The average molecular weight is 652 g/mol. The molecule has 2 fully saturated rings. The van der Waals surface area contributed by atoms with E-state index in [1.54, 1.807) is 26.0 Å². The van der Waals surface area contributed by atoms with Crippen LogP contribution in [0.1, 0.15) is 74.0 Å². The number of allylic oxidation sites excluding steroid dienone is 1. The minimum Gasteiger partial charge on any atom is -0.333 e. The summed E-state index contributed by atoms with van der Waals surface area (Å²) in [5.74, 6) is -0.477. The van der Waals surface area contributed by atoms with Crippen LogP contribution in [0.25, 0.3) is 16.7 Å². The Morgan fingerprint density at radius 2 is 1.83 bits per heavy atom. The summed E-state index contributed by atoms with van der Waals surface area (Å²) in [6, 6.07) is 6.74. The molecule has 47 heavy (non-hydrogen) atoms. The van der Waals surface area contributed by atoms with Crippen molar-refractivity contribution in [2.75, 3.05) is 46.8 Å². The summed E-state index contributed by atoms with van der Waals surface area (Å²) < 4.78 is 31.4. The van der Waals surface area contributed by atoms with Gasteiger partial charge in [0.1, 0.15) is 17.0 Å². The third-order valence-corrected chi connectivity index (χ3v) is 8.45. The van der Waals surface area contributed by atoms with Gasteiger partial charge in [0.15, 0.2) is 23.7 Å². The number of nitrogens with two attached hydrogens (primary N) is 1. The number of aromatic nitrogens is 3. The molecule has 1 aromatic carbocycles. The Labute approximate surface area is 277 Å². The van der Waals surface area contributed by atoms with E-state index in [-0.39, 0.29) is 28.6 Å². The van der Waals surface area contributed by atoms with Gasteiger partial charge in [-0.1, -0.05) is 0 Å². The van der Waals surface area contributed by atoms with Crippen LogP contribution in [-0.4, -0.2) is 102 Å². The molecule has 2 saturated heterocycles. The number of benzene rings is 1. The van der Waals surface area contributed by atoms with Gasteiger partial charge < -0.3 is 20.5 Å². The fourth-order valence-corrected chi connectivity index (χ4v) is 6.15. The smallest absolute Gasteiger partial charge is 0.167 e. The molecule has 0 amide bonds. The third kappa shape index (κ3) is 9.66. The molecule has 0 atom stereocenters. The van der Waals surface area contributed by atoms with Crippen LogP contribution in [0, 0.1) is 19.7 Å². The zero-order chi connectivity index (χ0) is 34.9. The molecule has 0 saturated carbocycles. The van der Waals surface area contributed by atoms with E-state index in [4.69, 9.17) is 0 Å². The van der Waals surface area contributed by atoms with Gasteiger partial charge in [0.05, 0.1) is 17.4 Å². The Balaban J connectivity index is 0.000000295. The van der Waals surface area contributed by atoms with Crippen molar-refractivity contribution in [1.29, 1.82) is 0 Å².